The zero-order valence-electron chi connectivity index (χ0n) is 15.4. The highest BCUT2D eigenvalue weighted by Gasteiger charge is 2.24. The summed E-state index contributed by atoms with van der Waals surface area (Å²) in [4.78, 5) is 4.39. The maximum atomic E-state index is 14.1. The molecule has 3 aromatic rings. The van der Waals surface area contributed by atoms with Crippen LogP contribution in [0.1, 0.15) is 5.56 Å². The number of hydrogen-bond donors (Lipinski definition) is 0. The molecule has 0 saturated heterocycles. The van der Waals surface area contributed by atoms with Crippen molar-refractivity contribution >= 4 is 22.7 Å². The van der Waals surface area contributed by atoms with Crippen molar-refractivity contribution in [1.29, 1.82) is 0 Å². The summed E-state index contributed by atoms with van der Waals surface area (Å²) in [7, 11) is 5.62. The third-order valence-corrected chi connectivity index (χ3v) is 5.04. The lowest BCUT2D eigenvalue weighted by molar-refractivity contribution is 0.386. The summed E-state index contributed by atoms with van der Waals surface area (Å²) in [6.45, 7) is 2.10. The predicted octanol–water partition coefficient (Wildman–Crippen LogP) is 5.66. The number of anilines is 4. The van der Waals surface area contributed by atoms with E-state index in [0.29, 0.717) is 0 Å². The van der Waals surface area contributed by atoms with Gasteiger partial charge in [-0.3, -0.25) is 0 Å². The van der Waals surface area contributed by atoms with Crippen LogP contribution in [-0.4, -0.2) is 21.2 Å². The SMILES string of the molecule is COc1ccc(-c2ccc3c(c2)N(C)c2ccc(C)cc2N3C)cc1F. The topological polar surface area (TPSA) is 15.7 Å². The molecule has 0 saturated carbocycles. The predicted molar refractivity (Wildman–Crippen MR) is 106 cm³/mol. The number of halogens is 1. The maximum Gasteiger partial charge on any atom is 0.165 e. The molecule has 0 unspecified atom stereocenters. The third kappa shape index (κ3) is 2.49. The number of aryl methyl sites for hydroxylation is 1. The molecule has 0 atom stereocenters. The van der Waals surface area contributed by atoms with Gasteiger partial charge in [0.05, 0.1) is 29.9 Å². The molecule has 0 N–H and O–H groups in total. The summed E-state index contributed by atoms with van der Waals surface area (Å²) in [6, 6.07) is 17.8. The van der Waals surface area contributed by atoms with Crippen molar-refractivity contribution in [3.63, 3.8) is 0 Å². The van der Waals surface area contributed by atoms with Gasteiger partial charge in [-0.1, -0.05) is 18.2 Å². The summed E-state index contributed by atoms with van der Waals surface area (Å²) in [5.74, 6) is -0.0955. The highest BCUT2D eigenvalue weighted by atomic mass is 19.1. The first-order chi connectivity index (χ1) is 12.5. The van der Waals surface area contributed by atoms with Gasteiger partial charge in [-0.15, -0.1) is 0 Å². The number of fused-ring (bicyclic) bond motifs is 2. The monoisotopic (exact) mass is 348 g/mol. The zero-order valence-corrected chi connectivity index (χ0v) is 15.4. The third-order valence-electron chi connectivity index (χ3n) is 5.04. The van der Waals surface area contributed by atoms with Gasteiger partial charge in [0.25, 0.3) is 0 Å². The highest BCUT2D eigenvalue weighted by Crippen LogP contribution is 2.47. The number of nitrogens with zero attached hydrogens (tertiary/aromatic N) is 2. The van der Waals surface area contributed by atoms with Gasteiger partial charge in [0, 0.05) is 14.1 Å². The first-order valence-electron chi connectivity index (χ1n) is 8.55. The Balaban J connectivity index is 1.81. The van der Waals surface area contributed by atoms with Gasteiger partial charge in [-0.05, 0) is 60.0 Å². The molecule has 0 aliphatic carbocycles. The van der Waals surface area contributed by atoms with Gasteiger partial charge in [0.15, 0.2) is 11.6 Å². The van der Waals surface area contributed by atoms with Crippen molar-refractivity contribution in [3.05, 3.63) is 66.0 Å². The lowest BCUT2D eigenvalue weighted by atomic mass is 10.0. The van der Waals surface area contributed by atoms with Crippen LogP contribution in [0.5, 0.6) is 5.75 Å². The molecule has 0 aromatic heterocycles. The molecular weight excluding hydrogens is 327 g/mol. The molecule has 0 bridgehead atoms. The molecule has 1 aliphatic heterocycles. The average Bonchev–Trinajstić information content (AvgIpc) is 2.65. The second-order valence-corrected chi connectivity index (χ2v) is 6.66. The largest absolute Gasteiger partial charge is 0.494 e. The Bertz CT molecular complexity index is 999. The van der Waals surface area contributed by atoms with Gasteiger partial charge in [0.2, 0.25) is 0 Å². The van der Waals surface area contributed by atoms with E-state index in [1.807, 2.05) is 12.1 Å². The lowest BCUT2D eigenvalue weighted by Crippen LogP contribution is -2.24. The number of hydrogen-bond acceptors (Lipinski definition) is 3. The molecule has 0 amide bonds. The Morgan fingerprint density at radius 1 is 0.731 bits per heavy atom. The van der Waals surface area contributed by atoms with Crippen molar-refractivity contribution in [1.82, 2.24) is 0 Å². The first-order valence-corrected chi connectivity index (χ1v) is 8.55. The average molecular weight is 348 g/mol. The van der Waals surface area contributed by atoms with E-state index < -0.39 is 0 Å². The molecule has 0 radical (unpaired) electrons. The van der Waals surface area contributed by atoms with E-state index in [9.17, 15) is 4.39 Å². The van der Waals surface area contributed by atoms with E-state index in [0.717, 1.165) is 28.2 Å². The molecule has 3 nitrogen and oxygen atoms in total. The van der Waals surface area contributed by atoms with Crippen LogP contribution >= 0.6 is 0 Å². The Kier molecular flexibility index (Phi) is 3.83. The fourth-order valence-corrected chi connectivity index (χ4v) is 3.55. The van der Waals surface area contributed by atoms with E-state index >= 15 is 0 Å². The highest BCUT2D eigenvalue weighted by molar-refractivity contribution is 5.94. The Labute approximate surface area is 153 Å². The van der Waals surface area contributed by atoms with Crippen LogP contribution in [0.25, 0.3) is 11.1 Å². The van der Waals surface area contributed by atoms with Gasteiger partial charge in [0.1, 0.15) is 0 Å². The van der Waals surface area contributed by atoms with Crippen LogP contribution in [0, 0.1) is 12.7 Å². The quantitative estimate of drug-likeness (QED) is 0.594. The Morgan fingerprint density at radius 3 is 1.96 bits per heavy atom. The van der Waals surface area contributed by atoms with Crippen LogP contribution in [0.2, 0.25) is 0 Å². The van der Waals surface area contributed by atoms with Crippen molar-refractivity contribution in [3.8, 4) is 16.9 Å². The summed E-state index contributed by atoms with van der Waals surface area (Å²) >= 11 is 0. The Morgan fingerprint density at radius 2 is 1.31 bits per heavy atom. The molecule has 26 heavy (non-hydrogen) atoms. The van der Waals surface area contributed by atoms with Crippen LogP contribution in [0.3, 0.4) is 0 Å². The molecule has 0 spiro atoms. The summed E-state index contributed by atoms with van der Waals surface area (Å²) in [5.41, 5.74) is 7.60. The number of ether oxygens (including phenoxy) is 1. The molecule has 0 fully saturated rings. The van der Waals surface area contributed by atoms with Crippen molar-refractivity contribution in [2.24, 2.45) is 0 Å². The first kappa shape index (κ1) is 16.5. The fraction of sp³-hybridized carbons (Fsp3) is 0.182. The van der Waals surface area contributed by atoms with Gasteiger partial charge in [-0.25, -0.2) is 4.39 Å². The van der Waals surface area contributed by atoms with E-state index in [1.165, 1.54) is 24.4 Å². The van der Waals surface area contributed by atoms with E-state index in [-0.39, 0.29) is 11.6 Å². The second-order valence-electron chi connectivity index (χ2n) is 6.66. The molecular formula is C22H21FN2O. The van der Waals surface area contributed by atoms with Crippen LogP contribution in [-0.2, 0) is 0 Å². The standard InChI is InChI=1S/C22H21FN2O/c1-14-5-8-18-20(11-14)24(2)19-9-6-16(13-21(19)25(18)3)15-7-10-22(26-4)17(23)12-15/h5-13H,1-4H3. The molecule has 4 heteroatoms. The summed E-state index contributed by atoms with van der Waals surface area (Å²) < 4.78 is 19.1. The minimum Gasteiger partial charge on any atom is -0.494 e. The molecule has 4 rings (SSSR count). The second kappa shape index (κ2) is 6.06. The molecule has 1 heterocycles. The smallest absolute Gasteiger partial charge is 0.165 e. The molecule has 132 valence electrons. The maximum absolute atomic E-state index is 14.1. The van der Waals surface area contributed by atoms with Crippen LogP contribution in [0.4, 0.5) is 27.1 Å². The zero-order chi connectivity index (χ0) is 18.4. The Hall–Kier alpha value is -3.01. The number of rotatable bonds is 2. The minimum atomic E-state index is -0.353. The normalized spacial score (nSPS) is 12.7. The number of methoxy groups -OCH3 is 1. The summed E-state index contributed by atoms with van der Waals surface area (Å²) in [5, 5.41) is 0. The number of benzene rings is 3. The van der Waals surface area contributed by atoms with E-state index in [4.69, 9.17) is 4.74 Å². The summed E-state index contributed by atoms with van der Waals surface area (Å²) in [6.07, 6.45) is 0. The van der Waals surface area contributed by atoms with Crippen LogP contribution < -0.4 is 14.5 Å². The van der Waals surface area contributed by atoms with Gasteiger partial charge < -0.3 is 14.5 Å². The minimum absolute atomic E-state index is 0.257. The lowest BCUT2D eigenvalue weighted by Gasteiger charge is -2.37. The molecule has 1 aliphatic rings. The fourth-order valence-electron chi connectivity index (χ4n) is 3.55. The van der Waals surface area contributed by atoms with Crippen molar-refractivity contribution < 1.29 is 9.13 Å². The van der Waals surface area contributed by atoms with Crippen molar-refractivity contribution in [2.75, 3.05) is 31.0 Å². The van der Waals surface area contributed by atoms with E-state index in [2.05, 4.69) is 61.2 Å². The van der Waals surface area contributed by atoms with Gasteiger partial charge in [-0.2, -0.15) is 0 Å². The van der Waals surface area contributed by atoms with Gasteiger partial charge >= 0.3 is 0 Å². The van der Waals surface area contributed by atoms with E-state index in [1.54, 1.807) is 6.07 Å². The van der Waals surface area contributed by atoms with Crippen molar-refractivity contribution in [2.45, 2.75) is 6.92 Å². The van der Waals surface area contributed by atoms with Crippen LogP contribution in [0.15, 0.2) is 54.6 Å². The molecule has 3 aromatic carbocycles.